The number of aromatic nitrogens is 2. The molecule has 1 aromatic heterocycles. The van der Waals surface area contributed by atoms with Crippen molar-refractivity contribution in [3.63, 3.8) is 0 Å². The van der Waals surface area contributed by atoms with E-state index in [1.807, 2.05) is 11.8 Å². The van der Waals surface area contributed by atoms with Gasteiger partial charge >= 0.3 is 0 Å². The molecule has 0 bridgehead atoms. The number of rotatable bonds is 4. The monoisotopic (exact) mass is 323 g/mol. The van der Waals surface area contributed by atoms with E-state index in [2.05, 4.69) is 17.1 Å². The van der Waals surface area contributed by atoms with Crippen LogP contribution in [0.3, 0.4) is 0 Å². The third-order valence-corrected chi connectivity index (χ3v) is 6.94. The van der Waals surface area contributed by atoms with Crippen LogP contribution in [0.1, 0.15) is 24.7 Å². The predicted molar refractivity (Wildman–Crippen MR) is 78.2 cm³/mol. The Hall–Kier alpha value is -0.240. The second kappa shape index (κ2) is 6.03. The predicted octanol–water partition coefficient (Wildman–Crippen LogP) is 1.97. The van der Waals surface area contributed by atoms with Gasteiger partial charge in [0, 0.05) is 24.1 Å². The quantitative estimate of drug-likeness (QED) is 0.860. The number of sulfonamides is 1. The van der Waals surface area contributed by atoms with Gasteiger partial charge in [0.15, 0.2) is 0 Å². The molecule has 5 nitrogen and oxygen atoms in total. The van der Waals surface area contributed by atoms with E-state index in [1.54, 1.807) is 11.2 Å². The minimum Gasteiger partial charge on any atom is -0.281 e. The molecule has 2 heterocycles. The number of nitrogens with zero attached hydrogens (tertiary/aromatic N) is 2. The van der Waals surface area contributed by atoms with Gasteiger partial charge in [0.25, 0.3) is 0 Å². The van der Waals surface area contributed by atoms with Crippen LogP contribution in [0.25, 0.3) is 0 Å². The van der Waals surface area contributed by atoms with E-state index in [0.29, 0.717) is 29.7 Å². The second-order valence-corrected chi connectivity index (χ2v) is 8.07. The maximum Gasteiger partial charge on any atom is 0.246 e. The first kappa shape index (κ1) is 15.2. The van der Waals surface area contributed by atoms with Crippen LogP contribution < -0.4 is 0 Å². The molecule has 1 fully saturated rings. The van der Waals surface area contributed by atoms with Gasteiger partial charge in [-0.3, -0.25) is 5.10 Å². The summed E-state index contributed by atoms with van der Waals surface area (Å²) < 4.78 is 27.0. The first-order chi connectivity index (χ1) is 9.00. The fourth-order valence-electron chi connectivity index (χ4n) is 2.19. The number of thioether (sulfide) groups is 1. The van der Waals surface area contributed by atoms with Crippen LogP contribution in [0.15, 0.2) is 4.90 Å². The number of aryl methyl sites for hydroxylation is 1. The molecule has 1 atom stereocenters. The topological polar surface area (TPSA) is 66.1 Å². The molecule has 0 aliphatic carbocycles. The Kier molecular flexibility index (Phi) is 4.81. The summed E-state index contributed by atoms with van der Waals surface area (Å²) >= 11 is 7.62. The molecular formula is C11H18ClN3O2S2. The minimum absolute atomic E-state index is 0.0959. The first-order valence-electron chi connectivity index (χ1n) is 6.22. The highest BCUT2D eigenvalue weighted by Crippen LogP contribution is 2.28. The summed E-state index contributed by atoms with van der Waals surface area (Å²) in [5.74, 6) is 0.934. The fraction of sp³-hybridized carbons (Fsp3) is 0.727. The summed E-state index contributed by atoms with van der Waals surface area (Å²) in [5.41, 5.74) is 0.965. The van der Waals surface area contributed by atoms with Crippen LogP contribution in [-0.2, 0) is 15.9 Å². The number of alkyl halides is 1. The highest BCUT2D eigenvalue weighted by molar-refractivity contribution is 8.00. The fourth-order valence-corrected chi connectivity index (χ4v) is 5.67. The van der Waals surface area contributed by atoms with Crippen molar-refractivity contribution in [1.82, 2.24) is 14.5 Å². The summed E-state index contributed by atoms with van der Waals surface area (Å²) in [6.45, 7) is 4.92. The van der Waals surface area contributed by atoms with Gasteiger partial charge < -0.3 is 0 Å². The zero-order valence-electron chi connectivity index (χ0n) is 11.0. The number of hydrogen-bond donors (Lipinski definition) is 1. The normalized spacial score (nSPS) is 21.7. The lowest BCUT2D eigenvalue weighted by Gasteiger charge is -2.31. The first-order valence-corrected chi connectivity index (χ1v) is 9.24. The van der Waals surface area contributed by atoms with E-state index >= 15 is 0 Å². The molecule has 1 aliphatic heterocycles. The number of nitrogens with one attached hydrogen (secondary N) is 1. The molecule has 1 aliphatic rings. The molecule has 0 amide bonds. The second-order valence-electron chi connectivity index (χ2n) is 4.52. The molecule has 0 radical (unpaired) electrons. The molecule has 0 spiro atoms. The van der Waals surface area contributed by atoms with Crippen LogP contribution in [0.2, 0.25) is 0 Å². The van der Waals surface area contributed by atoms with Gasteiger partial charge in [-0.15, -0.1) is 11.6 Å². The van der Waals surface area contributed by atoms with Gasteiger partial charge in [-0.05, 0) is 13.3 Å². The van der Waals surface area contributed by atoms with Crippen molar-refractivity contribution in [2.75, 3.05) is 18.8 Å². The summed E-state index contributed by atoms with van der Waals surface area (Å²) in [6.07, 6.45) is 0.976. The van der Waals surface area contributed by atoms with Crippen molar-refractivity contribution in [2.24, 2.45) is 0 Å². The third-order valence-electron chi connectivity index (χ3n) is 3.24. The van der Waals surface area contributed by atoms with E-state index in [9.17, 15) is 8.42 Å². The van der Waals surface area contributed by atoms with Crippen LogP contribution in [-0.4, -0.2) is 47.0 Å². The Morgan fingerprint density at radius 1 is 1.58 bits per heavy atom. The average Bonchev–Trinajstić information content (AvgIpc) is 2.80. The largest absolute Gasteiger partial charge is 0.281 e. The van der Waals surface area contributed by atoms with Crippen molar-refractivity contribution in [3.05, 3.63) is 11.4 Å². The van der Waals surface area contributed by atoms with E-state index < -0.39 is 10.0 Å². The van der Waals surface area contributed by atoms with Gasteiger partial charge in [0.05, 0.1) is 17.3 Å². The lowest BCUT2D eigenvalue weighted by Crippen LogP contribution is -2.42. The standard InChI is InChI=1S/C11H18ClN3O2S2/c1-3-9-7-15(4-5-18-9)19(16,17)11-8(2)13-14-10(11)6-12/h9H,3-7H2,1-2H3,(H,13,14). The van der Waals surface area contributed by atoms with Crippen molar-refractivity contribution >= 4 is 33.4 Å². The summed E-state index contributed by atoms with van der Waals surface area (Å²) in [4.78, 5) is 0.254. The van der Waals surface area contributed by atoms with Crippen molar-refractivity contribution in [3.8, 4) is 0 Å². The average molecular weight is 324 g/mol. The lowest BCUT2D eigenvalue weighted by molar-refractivity contribution is 0.415. The van der Waals surface area contributed by atoms with Crippen LogP contribution >= 0.6 is 23.4 Å². The molecule has 1 unspecified atom stereocenters. The van der Waals surface area contributed by atoms with Gasteiger partial charge in [-0.25, -0.2) is 8.42 Å². The SMILES string of the molecule is CCC1CN(S(=O)(=O)c2c(CCl)n[nH]c2C)CCS1. The zero-order valence-corrected chi connectivity index (χ0v) is 13.4. The number of H-pyrrole nitrogens is 1. The number of hydrogen-bond acceptors (Lipinski definition) is 4. The van der Waals surface area contributed by atoms with Gasteiger partial charge in [0.1, 0.15) is 4.90 Å². The molecule has 1 N–H and O–H groups in total. The molecule has 19 heavy (non-hydrogen) atoms. The molecule has 0 aromatic carbocycles. The molecule has 0 saturated carbocycles. The highest BCUT2D eigenvalue weighted by atomic mass is 35.5. The molecule has 2 rings (SSSR count). The van der Waals surface area contributed by atoms with Gasteiger partial charge in [-0.2, -0.15) is 21.2 Å². The lowest BCUT2D eigenvalue weighted by atomic mass is 10.3. The van der Waals surface area contributed by atoms with Crippen molar-refractivity contribution < 1.29 is 8.42 Å². The van der Waals surface area contributed by atoms with E-state index in [-0.39, 0.29) is 10.8 Å². The number of aromatic amines is 1. The molecule has 1 saturated heterocycles. The van der Waals surface area contributed by atoms with E-state index in [0.717, 1.165) is 12.2 Å². The third kappa shape index (κ3) is 2.94. The smallest absolute Gasteiger partial charge is 0.246 e. The maximum absolute atomic E-state index is 12.7. The van der Waals surface area contributed by atoms with Gasteiger partial charge in [0.2, 0.25) is 10.0 Å². The maximum atomic E-state index is 12.7. The molecule has 108 valence electrons. The summed E-state index contributed by atoms with van der Waals surface area (Å²) in [5, 5.41) is 7.05. The molecule has 8 heteroatoms. The van der Waals surface area contributed by atoms with Crippen molar-refractivity contribution in [1.29, 1.82) is 0 Å². The molecule has 1 aromatic rings. The Morgan fingerprint density at radius 2 is 2.32 bits per heavy atom. The van der Waals surface area contributed by atoms with Gasteiger partial charge in [-0.1, -0.05) is 6.92 Å². The Bertz CT molecular complexity index is 544. The van der Waals surface area contributed by atoms with Crippen molar-refractivity contribution in [2.45, 2.75) is 36.3 Å². The van der Waals surface area contributed by atoms with Crippen LogP contribution in [0, 0.1) is 6.92 Å². The minimum atomic E-state index is -3.49. The van der Waals surface area contributed by atoms with E-state index in [4.69, 9.17) is 11.6 Å². The zero-order chi connectivity index (χ0) is 14.0. The Balaban J connectivity index is 2.34. The Labute approximate surface area is 123 Å². The highest BCUT2D eigenvalue weighted by Gasteiger charge is 2.33. The summed E-state index contributed by atoms with van der Waals surface area (Å²) in [7, 11) is -3.49. The van der Waals surface area contributed by atoms with Crippen LogP contribution in [0.5, 0.6) is 0 Å². The summed E-state index contributed by atoms with van der Waals surface area (Å²) in [6, 6.07) is 0. The number of halogens is 1. The van der Waals surface area contributed by atoms with Crippen LogP contribution in [0.4, 0.5) is 0 Å². The Morgan fingerprint density at radius 3 is 2.95 bits per heavy atom. The van der Waals surface area contributed by atoms with E-state index in [1.165, 1.54) is 0 Å². The molecular weight excluding hydrogens is 306 g/mol.